The lowest BCUT2D eigenvalue weighted by molar-refractivity contribution is 0.100. The first-order valence-corrected chi connectivity index (χ1v) is 12.0. The first-order chi connectivity index (χ1) is 17.0. The highest BCUT2D eigenvalue weighted by atomic mass is 16.5. The van der Waals surface area contributed by atoms with Crippen LogP contribution < -0.4 is 16.6 Å². The number of piperidine rings is 1. The van der Waals surface area contributed by atoms with Crippen molar-refractivity contribution in [1.82, 2.24) is 14.8 Å². The Kier molecular flexibility index (Phi) is 8.32. The van der Waals surface area contributed by atoms with Gasteiger partial charge in [0.1, 0.15) is 0 Å². The monoisotopic (exact) mass is 472 g/mol. The van der Waals surface area contributed by atoms with Crippen molar-refractivity contribution in [3.05, 3.63) is 81.6 Å². The van der Waals surface area contributed by atoms with Crippen LogP contribution in [0.4, 0.5) is 0 Å². The number of nitrogens with zero attached hydrogens (tertiary/aromatic N) is 2. The molecule has 2 aromatic carbocycles. The number of nitrogens with one attached hydrogen (secondary N) is 1. The molecule has 1 amide bonds. The van der Waals surface area contributed by atoms with Gasteiger partial charge in [-0.1, -0.05) is 42.2 Å². The summed E-state index contributed by atoms with van der Waals surface area (Å²) in [4.78, 5) is 27.2. The summed E-state index contributed by atoms with van der Waals surface area (Å²) >= 11 is 0. The molecule has 0 spiro atoms. The molecule has 2 heterocycles. The van der Waals surface area contributed by atoms with Gasteiger partial charge in [-0.25, -0.2) is 0 Å². The van der Waals surface area contributed by atoms with E-state index in [1.54, 1.807) is 11.7 Å². The van der Waals surface area contributed by atoms with E-state index in [9.17, 15) is 9.59 Å². The van der Waals surface area contributed by atoms with Crippen LogP contribution in [0.2, 0.25) is 0 Å². The van der Waals surface area contributed by atoms with Crippen molar-refractivity contribution in [2.24, 2.45) is 5.73 Å². The van der Waals surface area contributed by atoms with Crippen LogP contribution in [0.15, 0.2) is 59.4 Å². The molecule has 1 aliphatic rings. The third kappa shape index (κ3) is 6.37. The van der Waals surface area contributed by atoms with Gasteiger partial charge < -0.3 is 25.3 Å². The Morgan fingerprint density at radius 2 is 1.89 bits per heavy atom. The third-order valence-electron chi connectivity index (χ3n) is 6.47. The maximum absolute atomic E-state index is 12.9. The smallest absolute Gasteiger partial charge is 0.251 e. The summed E-state index contributed by atoms with van der Waals surface area (Å²) in [7, 11) is 1.63. The molecule has 0 unspecified atom stereocenters. The molecular weight excluding hydrogens is 440 g/mol. The molecule has 7 heteroatoms. The molecule has 1 aromatic heterocycles. The number of carbonyl (C=O) groups is 1. The van der Waals surface area contributed by atoms with E-state index in [1.165, 1.54) is 6.07 Å². The fraction of sp³-hybridized carbons (Fsp3) is 0.357. The van der Waals surface area contributed by atoms with Gasteiger partial charge in [0.05, 0.1) is 24.2 Å². The van der Waals surface area contributed by atoms with Crippen molar-refractivity contribution < 1.29 is 9.53 Å². The molecule has 7 nitrogen and oxygen atoms in total. The Hall–Kier alpha value is -3.44. The maximum Gasteiger partial charge on any atom is 0.251 e. The first kappa shape index (κ1) is 24.7. The van der Waals surface area contributed by atoms with E-state index in [2.05, 4.69) is 22.1 Å². The lowest BCUT2D eigenvalue weighted by atomic mass is 10.0. The summed E-state index contributed by atoms with van der Waals surface area (Å²) in [5.41, 5.74) is 8.27. The van der Waals surface area contributed by atoms with Crippen LogP contribution >= 0.6 is 0 Å². The van der Waals surface area contributed by atoms with Crippen molar-refractivity contribution in [2.45, 2.75) is 32.0 Å². The molecule has 1 saturated heterocycles. The Labute approximate surface area is 205 Å². The van der Waals surface area contributed by atoms with Crippen LogP contribution in [0.25, 0.3) is 10.9 Å². The van der Waals surface area contributed by atoms with Crippen molar-refractivity contribution in [3.63, 3.8) is 0 Å². The number of likely N-dealkylation sites (tertiary alicyclic amines) is 1. The van der Waals surface area contributed by atoms with E-state index in [-0.39, 0.29) is 11.1 Å². The molecule has 0 radical (unpaired) electrons. The van der Waals surface area contributed by atoms with Gasteiger partial charge >= 0.3 is 0 Å². The van der Waals surface area contributed by atoms with Crippen molar-refractivity contribution in [1.29, 1.82) is 0 Å². The standard InChI is InChI=1S/C28H32N4O3/c1-35-20-22-9-10-24-25(28(29)34)19-27(33)32(26(24)18-22)17-16-31-14-11-23(12-15-31)30-13-5-8-21-6-3-2-4-7-21/h2-4,6-7,9-10,18-19,23,30H,11-17,20H2,1H3,(H2,29,34). The molecule has 0 atom stereocenters. The molecule has 0 aliphatic carbocycles. The summed E-state index contributed by atoms with van der Waals surface area (Å²) in [5.74, 6) is 5.79. The van der Waals surface area contributed by atoms with Crippen LogP contribution in [0.3, 0.4) is 0 Å². The maximum atomic E-state index is 12.9. The zero-order valence-corrected chi connectivity index (χ0v) is 20.1. The van der Waals surface area contributed by atoms with Gasteiger partial charge in [-0.3, -0.25) is 9.59 Å². The third-order valence-corrected chi connectivity index (χ3v) is 6.47. The summed E-state index contributed by atoms with van der Waals surface area (Å²) in [5, 5.41) is 4.23. The Bertz CT molecular complexity index is 1280. The summed E-state index contributed by atoms with van der Waals surface area (Å²) in [6.45, 7) is 4.35. The molecule has 0 saturated carbocycles. The number of fused-ring (bicyclic) bond motifs is 1. The number of hydrogen-bond donors (Lipinski definition) is 2. The number of aromatic nitrogens is 1. The zero-order valence-electron chi connectivity index (χ0n) is 20.1. The number of amides is 1. The van der Waals surface area contributed by atoms with E-state index in [0.717, 1.165) is 49.1 Å². The van der Waals surface area contributed by atoms with Gasteiger partial charge in [0.15, 0.2) is 0 Å². The van der Waals surface area contributed by atoms with Gasteiger partial charge in [-0.05, 0) is 49.7 Å². The van der Waals surface area contributed by atoms with E-state index in [1.807, 2.05) is 48.5 Å². The van der Waals surface area contributed by atoms with E-state index in [4.69, 9.17) is 10.5 Å². The van der Waals surface area contributed by atoms with Crippen LogP contribution in [-0.2, 0) is 17.9 Å². The molecule has 4 rings (SSSR count). The molecule has 1 fully saturated rings. The second kappa shape index (κ2) is 11.8. The summed E-state index contributed by atoms with van der Waals surface area (Å²) in [6.07, 6.45) is 2.09. The van der Waals surface area contributed by atoms with Crippen molar-refractivity contribution in [3.8, 4) is 11.8 Å². The first-order valence-electron chi connectivity index (χ1n) is 12.0. The SMILES string of the molecule is COCc1ccc2c(C(N)=O)cc(=O)n(CCN3CCC(NCC#Cc4ccccc4)CC3)c2c1. The topological polar surface area (TPSA) is 89.6 Å². The molecule has 35 heavy (non-hydrogen) atoms. The molecule has 1 aliphatic heterocycles. The lowest BCUT2D eigenvalue weighted by Crippen LogP contribution is -2.44. The predicted molar refractivity (Wildman–Crippen MR) is 138 cm³/mol. The Morgan fingerprint density at radius 3 is 2.60 bits per heavy atom. The van der Waals surface area contributed by atoms with Gasteiger partial charge in [0.25, 0.3) is 5.56 Å². The minimum Gasteiger partial charge on any atom is -0.380 e. The van der Waals surface area contributed by atoms with Gasteiger partial charge in [0.2, 0.25) is 5.91 Å². The largest absolute Gasteiger partial charge is 0.380 e. The van der Waals surface area contributed by atoms with Gasteiger partial charge in [0, 0.05) is 43.3 Å². The van der Waals surface area contributed by atoms with Gasteiger partial charge in [-0.15, -0.1) is 0 Å². The van der Waals surface area contributed by atoms with Crippen LogP contribution in [0.5, 0.6) is 0 Å². The van der Waals surface area contributed by atoms with E-state index in [0.29, 0.717) is 31.1 Å². The number of methoxy groups -OCH3 is 1. The highest BCUT2D eigenvalue weighted by Crippen LogP contribution is 2.20. The minimum absolute atomic E-state index is 0.214. The molecule has 0 bridgehead atoms. The summed E-state index contributed by atoms with van der Waals surface area (Å²) < 4.78 is 6.99. The van der Waals surface area contributed by atoms with E-state index >= 15 is 0 Å². The minimum atomic E-state index is -0.596. The van der Waals surface area contributed by atoms with Crippen LogP contribution in [0, 0.1) is 11.8 Å². The number of pyridine rings is 1. The molecule has 3 aromatic rings. The fourth-order valence-electron chi connectivity index (χ4n) is 4.58. The number of benzene rings is 2. The van der Waals surface area contributed by atoms with Crippen LogP contribution in [0.1, 0.15) is 34.3 Å². The van der Waals surface area contributed by atoms with E-state index < -0.39 is 5.91 Å². The number of primary amides is 1. The quantitative estimate of drug-likeness (QED) is 0.492. The number of hydrogen-bond acceptors (Lipinski definition) is 5. The zero-order chi connectivity index (χ0) is 24.6. The van der Waals surface area contributed by atoms with Crippen molar-refractivity contribution in [2.75, 3.05) is 33.3 Å². The average molecular weight is 473 g/mol. The predicted octanol–water partition coefficient (Wildman–Crippen LogP) is 2.35. The molecule has 3 N–H and O–H groups in total. The second-order valence-corrected chi connectivity index (χ2v) is 8.86. The second-order valence-electron chi connectivity index (χ2n) is 8.86. The number of nitrogens with two attached hydrogens (primary N) is 1. The van der Waals surface area contributed by atoms with Gasteiger partial charge in [-0.2, -0.15) is 0 Å². The highest BCUT2D eigenvalue weighted by Gasteiger charge is 2.19. The van der Waals surface area contributed by atoms with Crippen molar-refractivity contribution >= 4 is 16.8 Å². The fourth-order valence-corrected chi connectivity index (χ4v) is 4.58. The number of rotatable bonds is 8. The Balaban J connectivity index is 1.36. The van der Waals surface area contributed by atoms with Crippen LogP contribution in [-0.4, -0.2) is 54.7 Å². The summed E-state index contributed by atoms with van der Waals surface area (Å²) in [6, 6.07) is 17.5. The normalized spacial score (nSPS) is 14.5. The lowest BCUT2D eigenvalue weighted by Gasteiger charge is -2.32. The average Bonchev–Trinajstić information content (AvgIpc) is 2.87. The number of ether oxygens (including phenoxy) is 1. The molecular formula is C28H32N4O3. The molecule has 182 valence electrons. The number of carbonyl (C=O) groups excluding carboxylic acids is 1. The highest BCUT2D eigenvalue weighted by molar-refractivity contribution is 6.05. The Morgan fingerprint density at radius 1 is 1.11 bits per heavy atom.